The fraction of sp³-hybridized carbons (Fsp3) is 0.500. The van der Waals surface area contributed by atoms with Crippen LogP contribution < -0.4 is 10.6 Å². The van der Waals surface area contributed by atoms with E-state index in [2.05, 4.69) is 10.6 Å². The normalized spacial score (nSPS) is 13.2. The minimum atomic E-state index is -1.15. The molecule has 2 atom stereocenters. The Morgan fingerprint density at radius 2 is 1.75 bits per heavy atom. The third-order valence-electron chi connectivity index (χ3n) is 6.52. The Balaban J connectivity index is 2.66. The van der Waals surface area contributed by atoms with Crippen molar-refractivity contribution in [2.45, 2.75) is 84.5 Å². The third-order valence-corrected chi connectivity index (χ3v) is 7.48. The molecule has 0 radical (unpaired) electrons. The van der Waals surface area contributed by atoms with Crippen molar-refractivity contribution in [2.24, 2.45) is 0 Å². The number of carbonyl (C=O) groups is 3. The summed E-state index contributed by atoms with van der Waals surface area (Å²) in [5, 5.41) is 16.3. The number of halogens is 1. The van der Waals surface area contributed by atoms with Gasteiger partial charge in [-0.1, -0.05) is 42.8 Å². The number of aromatic hydroxyl groups is 1. The van der Waals surface area contributed by atoms with Crippen LogP contribution in [0.25, 0.3) is 0 Å². The van der Waals surface area contributed by atoms with E-state index in [-0.39, 0.29) is 5.75 Å². The van der Waals surface area contributed by atoms with Gasteiger partial charge in [0, 0.05) is 5.54 Å². The topological polar surface area (TPSA) is 108 Å². The standard InChI is InChI=1S/C30H42ClN3O5S/c1-9-30(6,7)34(27(37)23(16-17-40-8)32-28(38)39-29(3,4)5)25(20-13-11-14-21(35)18-20)26(36)33-24-19(2)12-10-15-22(24)31/h10-15,18,23,25,35H,9,16-17H2,1-8H3,(H,32,38)(H,33,36). The largest absolute Gasteiger partial charge is 0.508 e. The van der Waals surface area contributed by atoms with E-state index in [1.807, 2.05) is 40.0 Å². The van der Waals surface area contributed by atoms with E-state index in [9.17, 15) is 19.5 Å². The Morgan fingerprint density at radius 1 is 1.10 bits per heavy atom. The fourth-order valence-corrected chi connectivity index (χ4v) is 4.89. The van der Waals surface area contributed by atoms with Crippen molar-refractivity contribution >= 4 is 47.0 Å². The van der Waals surface area contributed by atoms with E-state index < -0.39 is 41.1 Å². The number of thioether (sulfide) groups is 1. The Kier molecular flexibility index (Phi) is 11.8. The van der Waals surface area contributed by atoms with Crippen molar-refractivity contribution in [2.75, 3.05) is 17.3 Å². The van der Waals surface area contributed by atoms with Crippen molar-refractivity contribution in [3.05, 3.63) is 58.6 Å². The SMILES string of the molecule is CCC(C)(C)N(C(=O)C(CCSC)NC(=O)OC(C)(C)C)C(C(=O)Nc1c(C)cccc1Cl)c1cccc(O)c1. The Labute approximate surface area is 247 Å². The zero-order valence-electron chi connectivity index (χ0n) is 24.6. The van der Waals surface area contributed by atoms with Crippen molar-refractivity contribution in [3.63, 3.8) is 0 Å². The second-order valence-electron chi connectivity index (χ2n) is 11.3. The summed E-state index contributed by atoms with van der Waals surface area (Å²) in [4.78, 5) is 42.8. The van der Waals surface area contributed by atoms with Crippen molar-refractivity contribution in [1.29, 1.82) is 0 Å². The highest BCUT2D eigenvalue weighted by atomic mass is 35.5. The van der Waals surface area contributed by atoms with Gasteiger partial charge in [0.05, 0.1) is 10.7 Å². The molecule has 0 aliphatic rings. The van der Waals surface area contributed by atoms with E-state index in [0.717, 1.165) is 5.56 Å². The molecule has 0 aromatic heterocycles. The smallest absolute Gasteiger partial charge is 0.408 e. The van der Waals surface area contributed by atoms with Crippen molar-refractivity contribution in [1.82, 2.24) is 10.2 Å². The lowest BCUT2D eigenvalue weighted by atomic mass is 9.91. The van der Waals surface area contributed by atoms with Crippen LogP contribution in [-0.2, 0) is 14.3 Å². The number of nitrogens with one attached hydrogen (secondary N) is 2. The molecule has 0 saturated carbocycles. The van der Waals surface area contributed by atoms with Crippen molar-refractivity contribution < 1.29 is 24.2 Å². The zero-order chi connectivity index (χ0) is 30.3. The molecule has 0 heterocycles. The number of amides is 3. The summed E-state index contributed by atoms with van der Waals surface area (Å²) in [6.07, 6.45) is 2.03. The van der Waals surface area contributed by atoms with Gasteiger partial charge in [-0.05, 0) is 95.7 Å². The Bertz CT molecular complexity index is 1180. The number of anilines is 1. The molecule has 0 spiro atoms. The average molecular weight is 592 g/mol. The summed E-state index contributed by atoms with van der Waals surface area (Å²) in [5.41, 5.74) is 0.0290. The number of hydrogen-bond acceptors (Lipinski definition) is 6. The number of nitrogens with zero attached hydrogens (tertiary/aromatic N) is 1. The van der Waals surface area contributed by atoms with Crippen molar-refractivity contribution in [3.8, 4) is 5.75 Å². The van der Waals surface area contributed by atoms with Gasteiger partial charge >= 0.3 is 6.09 Å². The Morgan fingerprint density at radius 3 is 2.30 bits per heavy atom. The van der Waals surface area contributed by atoms with Gasteiger partial charge in [0.15, 0.2) is 0 Å². The van der Waals surface area contributed by atoms with Crippen LogP contribution in [0.2, 0.25) is 5.02 Å². The first-order valence-electron chi connectivity index (χ1n) is 13.3. The molecule has 2 rings (SSSR count). The Hall–Kier alpha value is -2.91. The molecule has 3 N–H and O–H groups in total. The average Bonchev–Trinajstić information content (AvgIpc) is 2.85. The second-order valence-corrected chi connectivity index (χ2v) is 12.7. The number of aryl methyl sites for hydroxylation is 1. The van der Waals surface area contributed by atoms with E-state index in [1.54, 1.807) is 56.8 Å². The number of ether oxygens (including phenoxy) is 1. The lowest BCUT2D eigenvalue weighted by Crippen LogP contribution is -2.59. The van der Waals surface area contributed by atoms with E-state index in [0.29, 0.717) is 34.9 Å². The van der Waals surface area contributed by atoms with Gasteiger partial charge in [-0.2, -0.15) is 11.8 Å². The number of phenols is 1. The van der Waals surface area contributed by atoms with Gasteiger partial charge in [-0.15, -0.1) is 0 Å². The van der Waals surface area contributed by atoms with Gasteiger partial charge in [-0.3, -0.25) is 9.59 Å². The molecule has 0 bridgehead atoms. The maximum absolute atomic E-state index is 14.4. The van der Waals surface area contributed by atoms with Crippen LogP contribution in [0.4, 0.5) is 10.5 Å². The minimum Gasteiger partial charge on any atom is -0.508 e. The molecule has 0 fully saturated rings. The van der Waals surface area contributed by atoms with Crippen LogP contribution in [0.3, 0.4) is 0 Å². The highest BCUT2D eigenvalue weighted by molar-refractivity contribution is 7.98. The predicted molar refractivity (Wildman–Crippen MR) is 163 cm³/mol. The summed E-state index contributed by atoms with van der Waals surface area (Å²) < 4.78 is 5.45. The summed E-state index contributed by atoms with van der Waals surface area (Å²) in [5.74, 6) is -0.394. The quantitative estimate of drug-likeness (QED) is 0.268. The maximum Gasteiger partial charge on any atom is 0.408 e. The minimum absolute atomic E-state index is 0.0447. The first-order valence-corrected chi connectivity index (χ1v) is 15.0. The number of alkyl carbamates (subject to hydrolysis) is 1. The van der Waals surface area contributed by atoms with Crippen LogP contribution in [-0.4, -0.2) is 57.1 Å². The maximum atomic E-state index is 14.4. The number of para-hydroxylation sites is 1. The van der Waals surface area contributed by atoms with Crippen LogP contribution >= 0.6 is 23.4 Å². The van der Waals surface area contributed by atoms with Gasteiger partial charge in [0.2, 0.25) is 5.91 Å². The molecule has 8 nitrogen and oxygen atoms in total. The van der Waals surface area contributed by atoms with Gasteiger partial charge in [-0.25, -0.2) is 4.79 Å². The van der Waals surface area contributed by atoms with Gasteiger partial charge in [0.25, 0.3) is 5.91 Å². The molecule has 2 unspecified atom stereocenters. The lowest BCUT2D eigenvalue weighted by molar-refractivity contribution is -0.147. The van der Waals surface area contributed by atoms with Crippen LogP contribution in [0.1, 0.15) is 71.6 Å². The highest BCUT2D eigenvalue weighted by Gasteiger charge is 2.43. The monoisotopic (exact) mass is 591 g/mol. The molecule has 0 aliphatic heterocycles. The summed E-state index contributed by atoms with van der Waals surface area (Å²) in [6.45, 7) is 12.7. The predicted octanol–water partition coefficient (Wildman–Crippen LogP) is 6.70. The van der Waals surface area contributed by atoms with Crippen LogP contribution in [0.15, 0.2) is 42.5 Å². The number of hydrogen-bond donors (Lipinski definition) is 3. The van der Waals surface area contributed by atoms with Gasteiger partial charge in [0.1, 0.15) is 23.4 Å². The molecule has 220 valence electrons. The lowest BCUT2D eigenvalue weighted by Gasteiger charge is -2.44. The molecule has 40 heavy (non-hydrogen) atoms. The zero-order valence-corrected chi connectivity index (χ0v) is 26.2. The number of rotatable bonds is 11. The number of carbonyl (C=O) groups excluding carboxylic acids is 3. The first kappa shape index (κ1) is 33.3. The number of phenolic OH excluding ortho intramolecular Hbond substituents is 1. The first-order chi connectivity index (χ1) is 18.6. The summed E-state index contributed by atoms with van der Waals surface area (Å²) in [7, 11) is 0. The van der Waals surface area contributed by atoms with E-state index in [1.165, 1.54) is 17.0 Å². The molecular weight excluding hydrogens is 550 g/mol. The highest BCUT2D eigenvalue weighted by Crippen LogP contribution is 2.35. The summed E-state index contributed by atoms with van der Waals surface area (Å²) >= 11 is 7.97. The van der Waals surface area contributed by atoms with Crippen LogP contribution in [0, 0.1) is 6.92 Å². The molecule has 2 aromatic rings. The fourth-order valence-electron chi connectivity index (χ4n) is 4.15. The molecule has 2 aromatic carbocycles. The molecule has 10 heteroatoms. The van der Waals surface area contributed by atoms with Crippen LogP contribution in [0.5, 0.6) is 5.75 Å². The molecule has 0 saturated heterocycles. The van der Waals surface area contributed by atoms with E-state index in [4.69, 9.17) is 16.3 Å². The number of benzene rings is 2. The third kappa shape index (κ3) is 9.06. The molecule has 0 aliphatic carbocycles. The summed E-state index contributed by atoms with van der Waals surface area (Å²) in [6, 6.07) is 9.46. The van der Waals surface area contributed by atoms with E-state index >= 15 is 0 Å². The molecular formula is C30H42ClN3O5S. The second kappa shape index (κ2) is 14.1. The van der Waals surface area contributed by atoms with Gasteiger partial charge < -0.3 is 25.4 Å². The molecule has 3 amide bonds.